The van der Waals surface area contributed by atoms with Crippen LogP contribution < -0.4 is 0 Å². The maximum Gasteiger partial charge on any atom is 0.158 e. The number of ketones is 1. The normalized spacial score (nSPS) is 17.8. The molecule has 0 aromatic heterocycles. The van der Waals surface area contributed by atoms with Crippen molar-refractivity contribution in [3.63, 3.8) is 0 Å². The Labute approximate surface area is 85.2 Å². The fourth-order valence-electron chi connectivity index (χ4n) is 1.66. The van der Waals surface area contributed by atoms with Crippen LogP contribution in [0.25, 0.3) is 0 Å². The highest BCUT2D eigenvalue weighted by molar-refractivity contribution is 6.18. The van der Waals surface area contributed by atoms with E-state index in [2.05, 4.69) is 6.08 Å². The molecule has 0 bridgehead atoms. The third-order valence-corrected chi connectivity index (χ3v) is 2.70. The van der Waals surface area contributed by atoms with Gasteiger partial charge in [0.05, 0.1) is 0 Å². The summed E-state index contributed by atoms with van der Waals surface area (Å²) in [5.41, 5.74) is 1.06. The molecule has 0 atom stereocenters. The van der Waals surface area contributed by atoms with E-state index in [-0.39, 0.29) is 0 Å². The second-order valence-corrected chi connectivity index (χ2v) is 3.92. The van der Waals surface area contributed by atoms with E-state index in [0.29, 0.717) is 18.1 Å². The lowest BCUT2D eigenvalue weighted by atomic mass is 10.0. The van der Waals surface area contributed by atoms with Gasteiger partial charge in [-0.1, -0.05) is 12.5 Å². The van der Waals surface area contributed by atoms with Crippen LogP contribution in [0.3, 0.4) is 0 Å². The van der Waals surface area contributed by atoms with E-state index in [1.165, 1.54) is 19.3 Å². The summed E-state index contributed by atoms with van der Waals surface area (Å²) in [6, 6.07) is 0. The van der Waals surface area contributed by atoms with Crippen molar-refractivity contribution in [1.29, 1.82) is 0 Å². The highest BCUT2D eigenvalue weighted by Gasteiger charge is 2.10. The predicted octanol–water partition coefficient (Wildman–Crippen LogP) is 3.47. The molecule has 0 unspecified atom stereocenters. The Morgan fingerprint density at radius 1 is 1.38 bits per heavy atom. The van der Waals surface area contributed by atoms with Crippen LogP contribution in [-0.4, -0.2) is 11.7 Å². The zero-order valence-corrected chi connectivity index (χ0v) is 8.78. The van der Waals surface area contributed by atoms with Crippen LogP contribution in [0, 0.1) is 0 Å². The van der Waals surface area contributed by atoms with Gasteiger partial charge in [-0.05, 0) is 37.7 Å². The molecule has 0 amide bonds. The largest absolute Gasteiger partial charge is 0.295 e. The van der Waals surface area contributed by atoms with Crippen molar-refractivity contribution in [2.75, 3.05) is 5.88 Å². The van der Waals surface area contributed by atoms with Crippen molar-refractivity contribution in [2.45, 2.75) is 44.9 Å². The SMILES string of the molecule is O=C(CCCCl)C1=CCCCCC1. The van der Waals surface area contributed by atoms with Gasteiger partial charge in [0.15, 0.2) is 5.78 Å². The summed E-state index contributed by atoms with van der Waals surface area (Å²) in [7, 11) is 0. The van der Waals surface area contributed by atoms with Gasteiger partial charge in [0.2, 0.25) is 0 Å². The molecule has 74 valence electrons. The Morgan fingerprint density at radius 3 is 3.00 bits per heavy atom. The summed E-state index contributed by atoms with van der Waals surface area (Å²) in [5, 5.41) is 0. The van der Waals surface area contributed by atoms with Crippen LogP contribution >= 0.6 is 11.6 Å². The van der Waals surface area contributed by atoms with E-state index in [0.717, 1.165) is 24.8 Å². The molecule has 1 nitrogen and oxygen atoms in total. The highest BCUT2D eigenvalue weighted by Crippen LogP contribution is 2.19. The van der Waals surface area contributed by atoms with E-state index in [9.17, 15) is 4.79 Å². The zero-order chi connectivity index (χ0) is 9.52. The van der Waals surface area contributed by atoms with Crippen molar-refractivity contribution in [3.05, 3.63) is 11.6 Å². The fourth-order valence-corrected chi connectivity index (χ4v) is 1.79. The Hall–Kier alpha value is -0.300. The third kappa shape index (κ3) is 3.95. The first-order valence-corrected chi connectivity index (χ1v) is 5.66. The van der Waals surface area contributed by atoms with E-state index in [1.54, 1.807) is 0 Å². The first-order chi connectivity index (χ1) is 6.34. The smallest absolute Gasteiger partial charge is 0.158 e. The minimum absolute atomic E-state index is 0.322. The summed E-state index contributed by atoms with van der Waals surface area (Å²) in [5.74, 6) is 0.918. The van der Waals surface area contributed by atoms with Crippen molar-refractivity contribution in [1.82, 2.24) is 0 Å². The molecule has 0 saturated carbocycles. The second kappa shape index (κ2) is 6.20. The van der Waals surface area contributed by atoms with Crippen LogP contribution in [-0.2, 0) is 4.79 Å². The standard InChI is InChI=1S/C11H17ClO/c12-9-5-8-11(13)10-6-3-1-2-4-7-10/h6H,1-5,7-9H2. The summed E-state index contributed by atoms with van der Waals surface area (Å²) >= 11 is 5.55. The lowest BCUT2D eigenvalue weighted by molar-refractivity contribution is -0.115. The van der Waals surface area contributed by atoms with Crippen molar-refractivity contribution in [2.24, 2.45) is 0 Å². The van der Waals surface area contributed by atoms with Crippen molar-refractivity contribution < 1.29 is 4.79 Å². The second-order valence-electron chi connectivity index (χ2n) is 3.54. The minimum Gasteiger partial charge on any atom is -0.295 e. The Kier molecular flexibility index (Phi) is 5.14. The van der Waals surface area contributed by atoms with Crippen LogP contribution in [0.4, 0.5) is 0 Å². The molecule has 0 aromatic rings. The van der Waals surface area contributed by atoms with Gasteiger partial charge in [-0.25, -0.2) is 0 Å². The van der Waals surface area contributed by atoms with Gasteiger partial charge >= 0.3 is 0 Å². The first-order valence-electron chi connectivity index (χ1n) is 5.13. The maximum atomic E-state index is 11.6. The molecule has 0 saturated heterocycles. The van der Waals surface area contributed by atoms with Gasteiger partial charge in [0, 0.05) is 12.3 Å². The number of Topliss-reactive ketones (excluding diaryl/α,β-unsaturated/α-hetero) is 1. The lowest BCUT2D eigenvalue weighted by Gasteiger charge is -2.02. The number of hydrogen-bond acceptors (Lipinski definition) is 1. The van der Waals surface area contributed by atoms with Gasteiger partial charge in [-0.15, -0.1) is 11.6 Å². The molecule has 0 aliphatic heterocycles. The van der Waals surface area contributed by atoms with Crippen LogP contribution in [0.1, 0.15) is 44.9 Å². The van der Waals surface area contributed by atoms with Crippen LogP contribution in [0.5, 0.6) is 0 Å². The molecule has 1 aliphatic rings. The quantitative estimate of drug-likeness (QED) is 0.636. The average Bonchev–Trinajstić information content (AvgIpc) is 2.42. The highest BCUT2D eigenvalue weighted by atomic mass is 35.5. The zero-order valence-electron chi connectivity index (χ0n) is 8.02. The molecule has 0 radical (unpaired) electrons. The molecule has 0 aromatic carbocycles. The molecule has 0 N–H and O–H groups in total. The molecule has 0 spiro atoms. The minimum atomic E-state index is 0.322. The predicted molar refractivity (Wildman–Crippen MR) is 56.1 cm³/mol. The molecular formula is C11H17ClO. The van der Waals surface area contributed by atoms with E-state index < -0.39 is 0 Å². The van der Waals surface area contributed by atoms with Gasteiger partial charge in [-0.3, -0.25) is 4.79 Å². The summed E-state index contributed by atoms with van der Waals surface area (Å²) < 4.78 is 0. The molecule has 0 fully saturated rings. The van der Waals surface area contributed by atoms with Gasteiger partial charge in [0.1, 0.15) is 0 Å². The van der Waals surface area contributed by atoms with Gasteiger partial charge in [-0.2, -0.15) is 0 Å². The third-order valence-electron chi connectivity index (χ3n) is 2.44. The van der Waals surface area contributed by atoms with Crippen LogP contribution in [0.2, 0.25) is 0 Å². The summed E-state index contributed by atoms with van der Waals surface area (Å²) in [4.78, 5) is 11.6. The van der Waals surface area contributed by atoms with Crippen molar-refractivity contribution in [3.8, 4) is 0 Å². The monoisotopic (exact) mass is 200 g/mol. The average molecular weight is 201 g/mol. The maximum absolute atomic E-state index is 11.6. The molecule has 0 heterocycles. The number of halogens is 1. The topological polar surface area (TPSA) is 17.1 Å². The fraction of sp³-hybridized carbons (Fsp3) is 0.727. The van der Waals surface area contributed by atoms with E-state index in [1.807, 2.05) is 0 Å². The summed E-state index contributed by atoms with van der Waals surface area (Å²) in [6.07, 6.45) is 9.34. The van der Waals surface area contributed by atoms with Gasteiger partial charge < -0.3 is 0 Å². The Morgan fingerprint density at radius 2 is 2.23 bits per heavy atom. The molecule has 1 aliphatic carbocycles. The van der Waals surface area contributed by atoms with Crippen LogP contribution in [0.15, 0.2) is 11.6 Å². The number of carbonyl (C=O) groups is 1. The number of hydrogen-bond donors (Lipinski definition) is 0. The molecule has 13 heavy (non-hydrogen) atoms. The Balaban J connectivity index is 2.39. The van der Waals surface area contributed by atoms with Gasteiger partial charge in [0.25, 0.3) is 0 Å². The first kappa shape index (κ1) is 10.8. The molecular weight excluding hydrogens is 184 g/mol. The number of alkyl halides is 1. The van der Waals surface area contributed by atoms with E-state index >= 15 is 0 Å². The molecule has 2 heteroatoms. The van der Waals surface area contributed by atoms with E-state index in [4.69, 9.17) is 11.6 Å². The summed E-state index contributed by atoms with van der Waals surface area (Å²) in [6.45, 7) is 0. The number of carbonyl (C=O) groups excluding carboxylic acids is 1. The number of allylic oxidation sites excluding steroid dienone is 2. The number of rotatable bonds is 4. The molecule has 1 rings (SSSR count). The van der Waals surface area contributed by atoms with Crippen molar-refractivity contribution >= 4 is 17.4 Å². The lowest BCUT2D eigenvalue weighted by Crippen LogP contribution is -2.02. The Bertz CT molecular complexity index is 196.